The molecule has 1 rings (SSSR count). The molecule has 0 aromatic heterocycles. The van der Waals surface area contributed by atoms with Crippen molar-refractivity contribution in [2.24, 2.45) is 0 Å². The maximum Gasteiger partial charge on any atom is 0.337 e. The number of esters is 1. The molecule has 0 heterocycles. The van der Waals surface area contributed by atoms with Gasteiger partial charge in [0.05, 0.1) is 12.7 Å². The molecule has 1 aromatic rings. The topological polar surface area (TPSA) is 26.3 Å². The molecule has 0 aliphatic carbocycles. The molecule has 2 nitrogen and oxygen atoms in total. The molecule has 0 amide bonds. The summed E-state index contributed by atoms with van der Waals surface area (Å²) in [5.74, 6) is -0.291. The summed E-state index contributed by atoms with van der Waals surface area (Å²) in [5.41, 5.74) is 0.588. The molecule has 0 fully saturated rings. The molecule has 60 valence electrons. The number of rotatable bonds is 1. The van der Waals surface area contributed by atoms with Crippen LogP contribution in [0.4, 0.5) is 0 Å². The van der Waals surface area contributed by atoms with Crippen molar-refractivity contribution in [1.82, 2.24) is 0 Å². The molecule has 0 bridgehead atoms. The van der Waals surface area contributed by atoms with Gasteiger partial charge in [0.15, 0.2) is 0 Å². The molecule has 0 aliphatic heterocycles. The number of ether oxygens (including phenoxy) is 1. The Balaban J connectivity index is 0.000001000. The number of hydrogen-bond acceptors (Lipinski definition) is 2. The number of carbonyl (C=O) groups excluding carboxylic acids is 1. The van der Waals surface area contributed by atoms with Gasteiger partial charge in [-0.3, -0.25) is 0 Å². The van der Waals surface area contributed by atoms with Crippen molar-refractivity contribution in [3.8, 4) is 0 Å². The Kier molecular flexibility index (Phi) is 5.56. The minimum absolute atomic E-state index is 0. The Bertz CT molecular complexity index is 221. The van der Waals surface area contributed by atoms with Crippen molar-refractivity contribution in [1.29, 1.82) is 0 Å². The second-order valence-corrected chi connectivity index (χ2v) is 1.86. The first-order valence-corrected chi connectivity index (χ1v) is 2.98. The number of carbonyl (C=O) groups is 1. The molecule has 3 heteroatoms. The smallest absolute Gasteiger partial charge is 0.337 e. The fourth-order valence-corrected chi connectivity index (χ4v) is 0.692. The van der Waals surface area contributed by atoms with E-state index in [4.69, 9.17) is 0 Å². The minimum Gasteiger partial charge on any atom is -0.465 e. The van der Waals surface area contributed by atoms with Gasteiger partial charge < -0.3 is 4.74 Å². The van der Waals surface area contributed by atoms with Gasteiger partial charge in [0.2, 0.25) is 0 Å². The molecular formula is C8H8ArO2. The van der Waals surface area contributed by atoms with Crippen molar-refractivity contribution in [2.75, 3.05) is 7.11 Å². The molecule has 0 atom stereocenters. The maximum absolute atomic E-state index is 10.8. The Labute approximate surface area is 95.6 Å². The molecule has 0 aliphatic rings. The molecule has 0 N–H and O–H groups in total. The van der Waals surface area contributed by atoms with E-state index in [1.807, 2.05) is 6.07 Å². The molecule has 0 saturated carbocycles. The van der Waals surface area contributed by atoms with Crippen molar-refractivity contribution < 1.29 is 47.3 Å². The van der Waals surface area contributed by atoms with Crippen LogP contribution < -0.4 is 0 Å². The van der Waals surface area contributed by atoms with E-state index in [1.54, 1.807) is 24.3 Å². The SMILES string of the molecule is COC(=O)c1ccccc1.[Ar]. The van der Waals surface area contributed by atoms with Crippen LogP contribution in [-0.2, 0) is 4.74 Å². The van der Waals surface area contributed by atoms with Gasteiger partial charge in [-0.15, -0.1) is 0 Å². The second kappa shape index (κ2) is 5.58. The van der Waals surface area contributed by atoms with Crippen LogP contribution in [0.5, 0.6) is 0 Å². The van der Waals surface area contributed by atoms with E-state index in [1.165, 1.54) is 7.11 Å². The number of benzene rings is 1. The van der Waals surface area contributed by atoms with Crippen molar-refractivity contribution in [3.05, 3.63) is 35.9 Å². The van der Waals surface area contributed by atoms with Crippen LogP contribution in [0.15, 0.2) is 30.3 Å². The van der Waals surface area contributed by atoms with Gasteiger partial charge in [0.25, 0.3) is 0 Å². The van der Waals surface area contributed by atoms with Crippen molar-refractivity contribution >= 4 is 5.97 Å². The van der Waals surface area contributed by atoms with Gasteiger partial charge in [0, 0.05) is 37.7 Å². The van der Waals surface area contributed by atoms with Gasteiger partial charge in [0.1, 0.15) is 0 Å². The van der Waals surface area contributed by atoms with Crippen LogP contribution in [0.1, 0.15) is 10.4 Å². The summed E-state index contributed by atoms with van der Waals surface area (Å²) < 4.78 is 4.50. The van der Waals surface area contributed by atoms with Gasteiger partial charge in [-0.1, -0.05) is 18.2 Å². The summed E-state index contributed by atoms with van der Waals surface area (Å²) in [7, 11) is 1.37. The Morgan fingerprint density at radius 2 is 1.82 bits per heavy atom. The Morgan fingerprint density at radius 1 is 1.27 bits per heavy atom. The fourth-order valence-electron chi connectivity index (χ4n) is 0.692. The van der Waals surface area contributed by atoms with E-state index < -0.39 is 0 Å². The molecule has 0 radical (unpaired) electrons. The van der Waals surface area contributed by atoms with Crippen molar-refractivity contribution in [2.45, 2.75) is 0 Å². The maximum atomic E-state index is 10.8. The largest absolute Gasteiger partial charge is 0.465 e. The third-order valence-corrected chi connectivity index (χ3v) is 1.19. The normalized spacial score (nSPS) is 8.09. The third-order valence-electron chi connectivity index (χ3n) is 1.19. The molecular weight excluding hydrogens is 168 g/mol. The Hall–Kier alpha value is -0.0503. The average Bonchev–Trinajstić information content (AvgIpc) is 2.05. The summed E-state index contributed by atoms with van der Waals surface area (Å²) in [6.07, 6.45) is 0. The van der Waals surface area contributed by atoms with E-state index in [2.05, 4.69) is 4.74 Å². The molecule has 11 heavy (non-hydrogen) atoms. The van der Waals surface area contributed by atoms with Gasteiger partial charge in [-0.25, -0.2) is 4.79 Å². The summed E-state index contributed by atoms with van der Waals surface area (Å²) in [4.78, 5) is 10.8. The van der Waals surface area contributed by atoms with Crippen molar-refractivity contribution in [3.63, 3.8) is 0 Å². The van der Waals surface area contributed by atoms with E-state index in [-0.39, 0.29) is 43.7 Å². The zero-order chi connectivity index (χ0) is 7.40. The number of methoxy groups -OCH3 is 1. The van der Waals surface area contributed by atoms with Crippen LogP contribution in [-0.4, -0.2) is 13.1 Å². The average molecular weight is 176 g/mol. The first kappa shape index (κ1) is 10.9. The fraction of sp³-hybridized carbons (Fsp3) is 0.125. The zero-order valence-electron chi connectivity index (χ0n) is 6.06. The zero-order valence-corrected chi connectivity index (χ0v) is 6.76. The van der Waals surface area contributed by atoms with Gasteiger partial charge in [-0.2, -0.15) is 0 Å². The standard InChI is InChI=1S/C8H8O2.Ar/c1-10-8(9)7-5-3-2-4-6-7;/h2-6H,1H3;. The van der Waals surface area contributed by atoms with E-state index in [9.17, 15) is 4.79 Å². The summed E-state index contributed by atoms with van der Waals surface area (Å²) >= 11 is 0. The monoisotopic (exact) mass is 176 g/mol. The summed E-state index contributed by atoms with van der Waals surface area (Å²) in [5, 5.41) is 0. The van der Waals surface area contributed by atoms with E-state index in [0.717, 1.165) is 0 Å². The van der Waals surface area contributed by atoms with Crippen LogP contribution in [0.3, 0.4) is 0 Å². The number of hydrogen-bond donors (Lipinski definition) is 0. The molecule has 0 spiro atoms. The van der Waals surface area contributed by atoms with Gasteiger partial charge in [-0.05, 0) is 12.1 Å². The van der Waals surface area contributed by atoms with Crippen LogP contribution in [0, 0.1) is 37.7 Å². The minimum atomic E-state index is -0.291. The molecule has 0 unspecified atom stereocenters. The first-order chi connectivity index (χ1) is 4.84. The predicted molar refractivity (Wildman–Crippen MR) is 37.8 cm³/mol. The summed E-state index contributed by atoms with van der Waals surface area (Å²) in [6, 6.07) is 8.88. The van der Waals surface area contributed by atoms with E-state index in [0.29, 0.717) is 5.56 Å². The summed E-state index contributed by atoms with van der Waals surface area (Å²) in [6.45, 7) is 0. The van der Waals surface area contributed by atoms with E-state index >= 15 is 0 Å². The third kappa shape index (κ3) is 3.23. The van der Waals surface area contributed by atoms with Gasteiger partial charge >= 0.3 is 5.97 Å². The van der Waals surface area contributed by atoms with Crippen LogP contribution in [0.25, 0.3) is 0 Å². The van der Waals surface area contributed by atoms with Crippen LogP contribution in [0.2, 0.25) is 0 Å². The Morgan fingerprint density at radius 3 is 2.27 bits per heavy atom. The second-order valence-electron chi connectivity index (χ2n) is 1.86. The quantitative estimate of drug-likeness (QED) is 0.605. The molecule has 1 aromatic carbocycles. The predicted octanol–water partition coefficient (Wildman–Crippen LogP) is 1.47. The molecule has 0 saturated heterocycles. The first-order valence-electron chi connectivity index (χ1n) is 2.98. The van der Waals surface area contributed by atoms with Crippen LogP contribution >= 0.6 is 0 Å².